The summed E-state index contributed by atoms with van der Waals surface area (Å²) >= 11 is 0. The number of ether oxygens (including phenoxy) is 1. The van der Waals surface area contributed by atoms with Crippen LogP contribution in [0.25, 0.3) is 0 Å². The number of carbonyl (C=O) groups is 1. The Bertz CT molecular complexity index is 705. The quantitative estimate of drug-likeness (QED) is 0.850. The number of nitrogens with two attached hydrogens (primary N) is 2. The molecule has 2 rings (SSSR count). The number of halogens is 3. The molecule has 0 spiro atoms. The Kier molecular flexibility index (Phi) is 4.02. The van der Waals surface area contributed by atoms with Gasteiger partial charge in [0.1, 0.15) is 18.2 Å². The molecule has 0 bridgehead atoms. The molecule has 4 N–H and O–H groups in total. The van der Waals surface area contributed by atoms with Gasteiger partial charge in [-0.05, 0) is 12.1 Å². The van der Waals surface area contributed by atoms with E-state index in [9.17, 15) is 18.0 Å². The average Bonchev–Trinajstić information content (AvgIpc) is 2.42. The fourth-order valence-corrected chi connectivity index (χ4v) is 1.63. The largest absolute Gasteiger partial charge is 0.486 e. The number of amides is 1. The van der Waals surface area contributed by atoms with E-state index in [4.69, 9.17) is 16.2 Å². The first kappa shape index (κ1) is 14.7. The first-order valence-corrected chi connectivity index (χ1v) is 5.84. The van der Waals surface area contributed by atoms with Crippen molar-refractivity contribution in [3.05, 3.63) is 58.9 Å². The maximum atomic E-state index is 13.7. The van der Waals surface area contributed by atoms with Crippen LogP contribution >= 0.6 is 0 Å². The van der Waals surface area contributed by atoms with E-state index in [1.807, 2.05) is 0 Å². The zero-order valence-electron chi connectivity index (χ0n) is 10.7. The lowest BCUT2D eigenvalue weighted by Crippen LogP contribution is -2.12. The summed E-state index contributed by atoms with van der Waals surface area (Å²) in [6.07, 6.45) is 0. The van der Waals surface area contributed by atoms with Gasteiger partial charge in [0.2, 0.25) is 5.91 Å². The SMILES string of the molecule is NC(=O)c1ccc(COc2cc(F)c(N)cc2F)c(F)c1. The maximum Gasteiger partial charge on any atom is 0.248 e. The number of anilines is 1. The standard InChI is InChI=1S/C14H11F3N2O2/c15-9-3-7(14(19)20)1-2-8(9)6-21-13-5-10(16)12(18)4-11(13)17/h1-5H,6,18H2,(H2,19,20). The highest BCUT2D eigenvalue weighted by Crippen LogP contribution is 2.24. The van der Waals surface area contributed by atoms with Gasteiger partial charge in [0.25, 0.3) is 0 Å². The normalized spacial score (nSPS) is 10.4. The van der Waals surface area contributed by atoms with E-state index in [-0.39, 0.29) is 29.2 Å². The predicted octanol–water partition coefficient (Wildman–Crippen LogP) is 2.36. The van der Waals surface area contributed by atoms with Crippen molar-refractivity contribution in [3.63, 3.8) is 0 Å². The van der Waals surface area contributed by atoms with Gasteiger partial charge in [-0.15, -0.1) is 0 Å². The van der Waals surface area contributed by atoms with Crippen molar-refractivity contribution in [2.45, 2.75) is 6.61 Å². The molecule has 0 fully saturated rings. The molecule has 4 nitrogen and oxygen atoms in total. The highest BCUT2D eigenvalue weighted by atomic mass is 19.1. The van der Waals surface area contributed by atoms with Gasteiger partial charge in [0.05, 0.1) is 5.69 Å². The molecule has 1 amide bonds. The number of nitrogen functional groups attached to an aromatic ring is 1. The Balaban J connectivity index is 2.17. The topological polar surface area (TPSA) is 78.3 Å². The number of hydrogen-bond donors (Lipinski definition) is 2. The van der Waals surface area contributed by atoms with E-state index in [0.717, 1.165) is 18.2 Å². The van der Waals surface area contributed by atoms with Crippen LogP contribution in [-0.2, 0) is 6.61 Å². The van der Waals surface area contributed by atoms with Crippen molar-refractivity contribution in [3.8, 4) is 5.75 Å². The first-order valence-electron chi connectivity index (χ1n) is 5.84. The molecule has 0 atom stereocenters. The van der Waals surface area contributed by atoms with Crippen LogP contribution < -0.4 is 16.2 Å². The highest BCUT2D eigenvalue weighted by Gasteiger charge is 2.11. The second kappa shape index (κ2) is 5.74. The number of carbonyl (C=O) groups excluding carboxylic acids is 1. The molecule has 0 aliphatic carbocycles. The minimum Gasteiger partial charge on any atom is -0.486 e. The highest BCUT2D eigenvalue weighted by molar-refractivity contribution is 5.92. The zero-order valence-corrected chi connectivity index (χ0v) is 10.7. The second-order valence-electron chi connectivity index (χ2n) is 4.26. The molecule has 110 valence electrons. The van der Waals surface area contributed by atoms with Crippen LogP contribution in [0.3, 0.4) is 0 Å². The van der Waals surface area contributed by atoms with Crippen LogP contribution in [-0.4, -0.2) is 5.91 Å². The third kappa shape index (κ3) is 3.25. The van der Waals surface area contributed by atoms with E-state index in [1.54, 1.807) is 0 Å². The van der Waals surface area contributed by atoms with E-state index in [0.29, 0.717) is 0 Å². The van der Waals surface area contributed by atoms with Crippen LogP contribution in [0.5, 0.6) is 5.75 Å². The Morgan fingerprint density at radius 1 is 1.05 bits per heavy atom. The summed E-state index contributed by atoms with van der Waals surface area (Å²) in [4.78, 5) is 10.9. The second-order valence-corrected chi connectivity index (χ2v) is 4.26. The summed E-state index contributed by atoms with van der Waals surface area (Å²) in [6, 6.07) is 5.09. The summed E-state index contributed by atoms with van der Waals surface area (Å²) in [5.41, 5.74) is 9.92. The molecular weight excluding hydrogens is 285 g/mol. The molecule has 0 unspecified atom stereocenters. The summed E-state index contributed by atoms with van der Waals surface area (Å²) in [6.45, 7) is -0.342. The molecule has 0 saturated carbocycles. The fourth-order valence-electron chi connectivity index (χ4n) is 1.63. The minimum absolute atomic E-state index is 0.000889. The molecule has 2 aromatic carbocycles. The van der Waals surface area contributed by atoms with Crippen molar-refractivity contribution in [2.24, 2.45) is 5.73 Å². The lowest BCUT2D eigenvalue weighted by molar-refractivity contribution is 0.0999. The number of benzene rings is 2. The number of rotatable bonds is 4. The van der Waals surface area contributed by atoms with E-state index < -0.39 is 23.4 Å². The predicted molar refractivity (Wildman–Crippen MR) is 70.0 cm³/mol. The van der Waals surface area contributed by atoms with Crippen LogP contribution in [0.1, 0.15) is 15.9 Å². The summed E-state index contributed by atoms with van der Waals surface area (Å²) in [5, 5.41) is 0. The fraction of sp³-hybridized carbons (Fsp3) is 0.0714. The lowest BCUT2D eigenvalue weighted by Gasteiger charge is -2.09. The van der Waals surface area contributed by atoms with Gasteiger partial charge in [0, 0.05) is 23.3 Å². The summed E-state index contributed by atoms with van der Waals surface area (Å²) in [5.74, 6) is -3.59. The Morgan fingerprint density at radius 2 is 1.76 bits per heavy atom. The van der Waals surface area contributed by atoms with Gasteiger partial charge in [-0.2, -0.15) is 0 Å². The zero-order chi connectivity index (χ0) is 15.6. The van der Waals surface area contributed by atoms with Gasteiger partial charge < -0.3 is 16.2 Å². The Hall–Kier alpha value is -2.70. The lowest BCUT2D eigenvalue weighted by atomic mass is 10.1. The summed E-state index contributed by atoms with van der Waals surface area (Å²) < 4.78 is 45.4. The van der Waals surface area contributed by atoms with Crippen LogP contribution in [0.2, 0.25) is 0 Å². The summed E-state index contributed by atoms with van der Waals surface area (Å²) in [7, 11) is 0. The molecular formula is C14H11F3N2O2. The smallest absolute Gasteiger partial charge is 0.248 e. The molecule has 7 heteroatoms. The minimum atomic E-state index is -0.858. The number of primary amides is 1. The van der Waals surface area contributed by atoms with Crippen molar-refractivity contribution in [2.75, 3.05) is 5.73 Å². The molecule has 0 radical (unpaired) electrons. The van der Waals surface area contributed by atoms with Gasteiger partial charge in [-0.3, -0.25) is 4.79 Å². The average molecular weight is 296 g/mol. The van der Waals surface area contributed by atoms with Crippen molar-refractivity contribution >= 4 is 11.6 Å². The Morgan fingerprint density at radius 3 is 2.38 bits per heavy atom. The molecule has 0 aliphatic rings. The van der Waals surface area contributed by atoms with Crippen molar-refractivity contribution in [1.82, 2.24) is 0 Å². The third-order valence-electron chi connectivity index (χ3n) is 2.77. The maximum absolute atomic E-state index is 13.7. The molecule has 21 heavy (non-hydrogen) atoms. The van der Waals surface area contributed by atoms with Gasteiger partial charge >= 0.3 is 0 Å². The molecule has 2 aromatic rings. The number of hydrogen-bond acceptors (Lipinski definition) is 3. The van der Waals surface area contributed by atoms with Crippen molar-refractivity contribution < 1.29 is 22.7 Å². The van der Waals surface area contributed by atoms with Crippen molar-refractivity contribution in [1.29, 1.82) is 0 Å². The monoisotopic (exact) mass is 296 g/mol. The first-order chi connectivity index (χ1) is 9.88. The van der Waals surface area contributed by atoms with Crippen LogP contribution in [0.4, 0.5) is 18.9 Å². The third-order valence-corrected chi connectivity index (χ3v) is 2.77. The van der Waals surface area contributed by atoms with E-state index in [2.05, 4.69) is 0 Å². The van der Waals surface area contributed by atoms with E-state index in [1.165, 1.54) is 12.1 Å². The molecule has 0 heterocycles. The molecule has 0 aliphatic heterocycles. The van der Waals surface area contributed by atoms with Gasteiger partial charge in [-0.25, -0.2) is 13.2 Å². The van der Waals surface area contributed by atoms with Crippen LogP contribution in [0.15, 0.2) is 30.3 Å². The van der Waals surface area contributed by atoms with Crippen LogP contribution in [0, 0.1) is 17.5 Å². The molecule has 0 saturated heterocycles. The van der Waals surface area contributed by atoms with Gasteiger partial charge in [0.15, 0.2) is 11.6 Å². The van der Waals surface area contributed by atoms with Gasteiger partial charge in [-0.1, -0.05) is 6.07 Å². The molecule has 0 aromatic heterocycles. The van der Waals surface area contributed by atoms with E-state index >= 15 is 0 Å². The Labute approximate surface area is 118 Å².